The Hall–Kier alpha value is -2.85. The second kappa shape index (κ2) is 10.8. The Morgan fingerprint density at radius 3 is 2.67 bits per heavy atom. The first kappa shape index (κ1) is 21.9. The molecular formula is C21H24BNO7. The van der Waals surface area contributed by atoms with Crippen molar-refractivity contribution in [1.82, 2.24) is 5.32 Å². The lowest BCUT2D eigenvalue weighted by Crippen LogP contribution is -2.43. The molecule has 158 valence electrons. The zero-order chi connectivity index (χ0) is 21.3. The summed E-state index contributed by atoms with van der Waals surface area (Å²) < 4.78 is 16.2. The molecule has 1 heterocycles. The standard InChI is InChI=1S/C21H24BNO7/c24-10-5-11-28-18-8-3-1-6-15(18)12-20(25)23-21(30-22(26)27)13-16-14-29-19-9-4-2-7-17(16)19/h1-4,6-9,14,21,24,26-27H,5,10-13H2,(H,23,25)/t21-/m1/s1. The van der Waals surface area contributed by atoms with Crippen LogP contribution in [-0.4, -0.2) is 47.8 Å². The van der Waals surface area contributed by atoms with E-state index in [1.165, 1.54) is 0 Å². The summed E-state index contributed by atoms with van der Waals surface area (Å²) in [5.74, 6) is 0.188. The van der Waals surface area contributed by atoms with E-state index < -0.39 is 13.5 Å². The van der Waals surface area contributed by atoms with E-state index in [-0.39, 0.29) is 25.4 Å². The number of hydrogen-bond donors (Lipinski definition) is 4. The third-order valence-corrected chi connectivity index (χ3v) is 4.46. The van der Waals surface area contributed by atoms with E-state index in [1.54, 1.807) is 30.5 Å². The highest BCUT2D eigenvalue weighted by Crippen LogP contribution is 2.23. The molecule has 0 aliphatic rings. The fraction of sp³-hybridized carbons (Fsp3) is 0.286. The molecule has 1 aromatic heterocycles. The Morgan fingerprint density at radius 2 is 1.87 bits per heavy atom. The smallest absolute Gasteiger partial charge is 0.493 e. The summed E-state index contributed by atoms with van der Waals surface area (Å²) in [7, 11) is -2.04. The number of carbonyl (C=O) groups is 1. The van der Waals surface area contributed by atoms with Crippen molar-refractivity contribution in [2.45, 2.75) is 25.5 Å². The lowest BCUT2D eigenvalue weighted by atomic mass is 10.1. The van der Waals surface area contributed by atoms with Crippen LogP contribution in [0.2, 0.25) is 0 Å². The summed E-state index contributed by atoms with van der Waals surface area (Å²) in [5.41, 5.74) is 2.13. The molecule has 0 radical (unpaired) electrons. The van der Waals surface area contributed by atoms with Crippen LogP contribution in [0.3, 0.4) is 0 Å². The van der Waals surface area contributed by atoms with Crippen molar-refractivity contribution >= 4 is 24.2 Å². The molecule has 1 atom stereocenters. The predicted molar refractivity (Wildman–Crippen MR) is 110 cm³/mol. The molecule has 0 saturated heterocycles. The summed E-state index contributed by atoms with van der Waals surface area (Å²) in [5, 5.41) is 30.9. The number of amides is 1. The maximum Gasteiger partial charge on any atom is 0.635 e. The third kappa shape index (κ3) is 6.07. The number of hydrogen-bond acceptors (Lipinski definition) is 7. The number of carbonyl (C=O) groups excluding carboxylic acids is 1. The molecular weight excluding hydrogens is 389 g/mol. The zero-order valence-corrected chi connectivity index (χ0v) is 16.4. The highest BCUT2D eigenvalue weighted by molar-refractivity contribution is 6.32. The van der Waals surface area contributed by atoms with Crippen LogP contribution >= 0.6 is 0 Å². The van der Waals surface area contributed by atoms with Gasteiger partial charge in [-0.2, -0.15) is 0 Å². The van der Waals surface area contributed by atoms with Gasteiger partial charge in [-0.3, -0.25) is 4.79 Å². The van der Waals surface area contributed by atoms with E-state index in [1.807, 2.05) is 24.3 Å². The molecule has 0 bridgehead atoms. The fourth-order valence-electron chi connectivity index (χ4n) is 3.11. The van der Waals surface area contributed by atoms with Gasteiger partial charge in [0.25, 0.3) is 0 Å². The molecule has 0 unspecified atom stereocenters. The highest BCUT2D eigenvalue weighted by atomic mass is 16.6. The van der Waals surface area contributed by atoms with Crippen LogP contribution in [0.5, 0.6) is 5.75 Å². The van der Waals surface area contributed by atoms with Gasteiger partial charge in [0.15, 0.2) is 0 Å². The molecule has 0 spiro atoms. The van der Waals surface area contributed by atoms with Gasteiger partial charge in [-0.25, -0.2) is 0 Å². The van der Waals surface area contributed by atoms with Crippen LogP contribution < -0.4 is 10.1 Å². The van der Waals surface area contributed by atoms with Crippen molar-refractivity contribution in [2.75, 3.05) is 13.2 Å². The highest BCUT2D eigenvalue weighted by Gasteiger charge is 2.22. The van der Waals surface area contributed by atoms with Gasteiger partial charge < -0.3 is 34.3 Å². The monoisotopic (exact) mass is 413 g/mol. The van der Waals surface area contributed by atoms with E-state index >= 15 is 0 Å². The Balaban J connectivity index is 1.67. The van der Waals surface area contributed by atoms with E-state index in [4.69, 9.17) is 18.9 Å². The maximum absolute atomic E-state index is 12.6. The van der Waals surface area contributed by atoms with Gasteiger partial charge in [-0.1, -0.05) is 36.4 Å². The van der Waals surface area contributed by atoms with Crippen LogP contribution in [0, 0.1) is 0 Å². The summed E-state index contributed by atoms with van der Waals surface area (Å²) in [6.07, 6.45) is 1.28. The number of ether oxygens (including phenoxy) is 1. The SMILES string of the molecule is O=C(Cc1ccccc1OCCCO)N[C@@H](Cc1coc2ccccc12)OB(O)O. The van der Waals surface area contributed by atoms with Gasteiger partial charge in [0.05, 0.1) is 19.3 Å². The molecule has 2 aromatic carbocycles. The molecule has 8 nitrogen and oxygen atoms in total. The number of furan rings is 1. The summed E-state index contributed by atoms with van der Waals surface area (Å²) in [6.45, 7) is 0.360. The molecule has 3 aromatic rings. The number of nitrogens with one attached hydrogen (secondary N) is 1. The predicted octanol–water partition coefficient (Wildman–Crippen LogP) is 1.41. The van der Waals surface area contributed by atoms with Crippen LogP contribution in [0.1, 0.15) is 17.5 Å². The second-order valence-electron chi connectivity index (χ2n) is 6.69. The van der Waals surface area contributed by atoms with Crippen LogP contribution in [0.25, 0.3) is 11.0 Å². The van der Waals surface area contributed by atoms with E-state index in [0.29, 0.717) is 29.9 Å². The van der Waals surface area contributed by atoms with Gasteiger partial charge in [-0.05, 0) is 12.1 Å². The molecule has 0 aliphatic carbocycles. The van der Waals surface area contributed by atoms with Gasteiger partial charge in [-0.15, -0.1) is 0 Å². The van der Waals surface area contributed by atoms with Crippen molar-refractivity contribution < 1.29 is 33.8 Å². The molecule has 0 aliphatic heterocycles. The zero-order valence-electron chi connectivity index (χ0n) is 16.4. The molecule has 1 amide bonds. The Labute approximate surface area is 174 Å². The van der Waals surface area contributed by atoms with E-state index in [9.17, 15) is 14.8 Å². The largest absolute Gasteiger partial charge is 0.635 e. The van der Waals surface area contributed by atoms with Crippen LogP contribution in [-0.2, 0) is 22.3 Å². The minimum Gasteiger partial charge on any atom is -0.493 e. The summed E-state index contributed by atoms with van der Waals surface area (Å²) in [4.78, 5) is 12.6. The number of benzene rings is 2. The summed E-state index contributed by atoms with van der Waals surface area (Å²) in [6, 6.07) is 14.5. The van der Waals surface area contributed by atoms with Gasteiger partial charge in [0.1, 0.15) is 17.6 Å². The van der Waals surface area contributed by atoms with Crippen LogP contribution in [0.4, 0.5) is 0 Å². The number of fused-ring (bicyclic) bond motifs is 1. The number of rotatable bonds is 11. The molecule has 4 N–H and O–H groups in total. The number of para-hydroxylation sites is 2. The first-order chi connectivity index (χ1) is 14.6. The first-order valence-electron chi connectivity index (χ1n) is 9.64. The van der Waals surface area contributed by atoms with Crippen molar-refractivity contribution in [3.05, 3.63) is 65.9 Å². The maximum atomic E-state index is 12.6. The van der Waals surface area contributed by atoms with Gasteiger partial charge in [0.2, 0.25) is 5.91 Å². The average molecular weight is 413 g/mol. The second-order valence-corrected chi connectivity index (χ2v) is 6.69. The quantitative estimate of drug-likeness (QED) is 0.213. The van der Waals surface area contributed by atoms with Crippen molar-refractivity contribution in [1.29, 1.82) is 0 Å². The summed E-state index contributed by atoms with van der Waals surface area (Å²) >= 11 is 0. The van der Waals surface area contributed by atoms with Crippen molar-refractivity contribution in [3.63, 3.8) is 0 Å². The molecule has 0 saturated carbocycles. The molecule has 3 rings (SSSR count). The average Bonchev–Trinajstić information content (AvgIpc) is 3.12. The number of aliphatic hydroxyl groups excluding tert-OH is 1. The first-order valence-corrected chi connectivity index (χ1v) is 9.64. The molecule has 9 heteroatoms. The minimum atomic E-state index is -2.04. The Morgan fingerprint density at radius 1 is 1.10 bits per heavy atom. The van der Waals surface area contributed by atoms with Crippen molar-refractivity contribution in [3.8, 4) is 5.75 Å². The lowest BCUT2D eigenvalue weighted by Gasteiger charge is -2.19. The fourth-order valence-corrected chi connectivity index (χ4v) is 3.11. The van der Waals surface area contributed by atoms with Crippen LogP contribution in [0.15, 0.2) is 59.2 Å². The third-order valence-electron chi connectivity index (χ3n) is 4.46. The van der Waals surface area contributed by atoms with E-state index in [2.05, 4.69) is 5.32 Å². The normalized spacial score (nSPS) is 12.0. The number of aliphatic hydroxyl groups is 1. The van der Waals surface area contributed by atoms with Gasteiger partial charge in [0, 0.05) is 36.0 Å². The topological polar surface area (TPSA) is 121 Å². The lowest BCUT2D eigenvalue weighted by molar-refractivity contribution is -0.123. The molecule has 0 fully saturated rings. The molecule has 30 heavy (non-hydrogen) atoms. The Kier molecular flexibility index (Phi) is 7.86. The minimum absolute atomic E-state index is 0.0167. The Bertz CT molecular complexity index is 959. The van der Waals surface area contributed by atoms with Gasteiger partial charge >= 0.3 is 7.32 Å². The van der Waals surface area contributed by atoms with E-state index in [0.717, 1.165) is 10.9 Å². The van der Waals surface area contributed by atoms with Crippen molar-refractivity contribution in [2.24, 2.45) is 0 Å².